The number of alkyl halides is 3. The Hall–Kier alpha value is -1.96. The number of hydrogen-bond acceptors (Lipinski definition) is 5. The summed E-state index contributed by atoms with van der Waals surface area (Å²) < 4.78 is 39.4. The van der Waals surface area contributed by atoms with Crippen LogP contribution in [0.25, 0.3) is 11.5 Å². The second-order valence-corrected chi connectivity index (χ2v) is 6.83. The summed E-state index contributed by atoms with van der Waals surface area (Å²) in [4.78, 5) is 16.9. The molecule has 0 aliphatic heterocycles. The Kier molecular flexibility index (Phi) is 7.35. The molecular formula is C18H23ClF3N5. The first-order valence-electron chi connectivity index (χ1n) is 8.94. The third-order valence-corrected chi connectivity index (χ3v) is 4.50. The molecule has 0 amide bonds. The number of hydrogen-bond donors (Lipinski definition) is 1. The van der Waals surface area contributed by atoms with Crippen molar-refractivity contribution < 1.29 is 13.2 Å². The van der Waals surface area contributed by atoms with Crippen LogP contribution in [0.3, 0.4) is 0 Å². The highest BCUT2D eigenvalue weighted by atomic mass is 35.5. The molecule has 1 N–H and O–H groups in total. The van der Waals surface area contributed by atoms with Crippen molar-refractivity contribution in [3.63, 3.8) is 0 Å². The molecule has 2 aromatic heterocycles. The Morgan fingerprint density at radius 2 is 1.81 bits per heavy atom. The van der Waals surface area contributed by atoms with Gasteiger partial charge in [0.15, 0.2) is 5.82 Å². The molecule has 2 atom stereocenters. The molecular weight excluding hydrogens is 379 g/mol. The molecule has 27 heavy (non-hydrogen) atoms. The fraction of sp³-hybridized carbons (Fsp3) is 0.556. The molecule has 2 rings (SSSR count). The summed E-state index contributed by atoms with van der Waals surface area (Å²) in [7, 11) is 0. The Labute approximate surface area is 161 Å². The van der Waals surface area contributed by atoms with Crippen molar-refractivity contribution in [1.82, 2.24) is 19.9 Å². The molecule has 0 fully saturated rings. The predicted molar refractivity (Wildman–Crippen MR) is 99.6 cm³/mol. The molecule has 0 bridgehead atoms. The van der Waals surface area contributed by atoms with Crippen molar-refractivity contribution >= 4 is 17.5 Å². The fourth-order valence-corrected chi connectivity index (χ4v) is 2.56. The van der Waals surface area contributed by atoms with E-state index >= 15 is 0 Å². The van der Waals surface area contributed by atoms with Gasteiger partial charge in [-0.1, -0.05) is 44.9 Å². The van der Waals surface area contributed by atoms with Crippen molar-refractivity contribution in [1.29, 1.82) is 0 Å². The van der Waals surface area contributed by atoms with E-state index in [1.54, 1.807) is 18.2 Å². The average Bonchev–Trinajstić information content (AvgIpc) is 2.63. The number of rotatable bonds is 8. The van der Waals surface area contributed by atoms with Crippen LogP contribution in [0.1, 0.15) is 45.9 Å². The van der Waals surface area contributed by atoms with Gasteiger partial charge in [-0.15, -0.1) is 0 Å². The summed E-state index contributed by atoms with van der Waals surface area (Å²) in [6.45, 7) is 5.65. The van der Waals surface area contributed by atoms with E-state index in [4.69, 9.17) is 11.6 Å². The van der Waals surface area contributed by atoms with E-state index in [9.17, 15) is 13.2 Å². The minimum Gasteiger partial charge on any atom is -0.342 e. The van der Waals surface area contributed by atoms with Gasteiger partial charge in [-0.05, 0) is 30.9 Å². The first-order valence-corrected chi connectivity index (χ1v) is 9.31. The Morgan fingerprint density at radius 1 is 1.07 bits per heavy atom. The van der Waals surface area contributed by atoms with Crippen molar-refractivity contribution in [2.45, 2.75) is 58.7 Å². The van der Waals surface area contributed by atoms with Gasteiger partial charge >= 0.3 is 6.18 Å². The lowest BCUT2D eigenvalue weighted by atomic mass is 10.0. The summed E-state index contributed by atoms with van der Waals surface area (Å²) in [5, 5.41) is 2.64. The summed E-state index contributed by atoms with van der Waals surface area (Å²) in [6.07, 6.45) is -2.15. The number of halogens is 4. The van der Waals surface area contributed by atoms with Crippen molar-refractivity contribution in [3.8, 4) is 11.5 Å². The molecule has 0 unspecified atom stereocenters. The maximum atomic E-state index is 13.1. The van der Waals surface area contributed by atoms with Gasteiger partial charge < -0.3 is 5.32 Å². The van der Waals surface area contributed by atoms with Crippen LogP contribution in [0.15, 0.2) is 18.2 Å². The van der Waals surface area contributed by atoms with Crippen LogP contribution < -0.4 is 5.32 Å². The number of aromatic nitrogens is 4. The predicted octanol–water partition coefficient (Wildman–Crippen LogP) is 5.32. The van der Waals surface area contributed by atoms with E-state index in [1.807, 2.05) is 0 Å². The van der Waals surface area contributed by atoms with Crippen LogP contribution in [0.5, 0.6) is 0 Å². The van der Waals surface area contributed by atoms with Gasteiger partial charge in [-0.3, -0.25) is 0 Å². The molecule has 2 aromatic rings. The van der Waals surface area contributed by atoms with E-state index in [0.29, 0.717) is 23.9 Å². The number of pyridine rings is 1. The van der Waals surface area contributed by atoms with Crippen LogP contribution in [0, 0.1) is 5.92 Å². The molecule has 0 saturated heterocycles. The van der Waals surface area contributed by atoms with Crippen molar-refractivity contribution in [3.05, 3.63) is 29.2 Å². The third kappa shape index (κ3) is 6.30. The highest BCUT2D eigenvalue weighted by Gasteiger charge is 2.38. The standard InChI is InChI=1S/C18H23ClF3N5/c1-4-11(3)9-10-15-25-16(12-7-6-8-14(19)23-12)27-17(26-15)24-13(5-2)18(20,21)22/h6-8,11,13H,4-5,9-10H2,1-3H3,(H,24,25,26,27)/t11-,13+/m0/s1. The van der Waals surface area contributed by atoms with Crippen molar-refractivity contribution in [2.75, 3.05) is 5.32 Å². The normalized spacial score (nSPS) is 14.0. The zero-order valence-electron chi connectivity index (χ0n) is 15.5. The quantitative estimate of drug-likeness (QED) is 0.606. The molecule has 9 heteroatoms. The first kappa shape index (κ1) is 21.3. The Bertz CT molecular complexity index is 754. The zero-order chi connectivity index (χ0) is 20.0. The lowest BCUT2D eigenvalue weighted by Crippen LogP contribution is -2.36. The SMILES string of the molecule is CC[C@H](C)CCc1nc(N[C@H](CC)C(F)(F)F)nc(-c2cccc(Cl)n2)n1. The van der Waals surface area contributed by atoms with Crippen molar-refractivity contribution in [2.24, 2.45) is 5.92 Å². The summed E-state index contributed by atoms with van der Waals surface area (Å²) in [6, 6.07) is 3.21. The van der Waals surface area contributed by atoms with Gasteiger partial charge in [0.25, 0.3) is 0 Å². The largest absolute Gasteiger partial charge is 0.408 e. The number of anilines is 1. The third-order valence-electron chi connectivity index (χ3n) is 4.29. The molecule has 0 aliphatic carbocycles. The van der Waals surface area contributed by atoms with Crippen LogP contribution in [-0.2, 0) is 6.42 Å². The molecule has 2 heterocycles. The molecule has 5 nitrogen and oxygen atoms in total. The molecule has 0 radical (unpaired) electrons. The van der Waals surface area contributed by atoms with Crippen LogP contribution in [0.2, 0.25) is 5.15 Å². The minimum atomic E-state index is -4.40. The Balaban J connectivity index is 2.38. The zero-order valence-corrected chi connectivity index (χ0v) is 16.3. The molecule has 0 spiro atoms. The second-order valence-electron chi connectivity index (χ2n) is 6.44. The second kappa shape index (κ2) is 9.30. The summed E-state index contributed by atoms with van der Waals surface area (Å²) in [5.74, 6) is 0.988. The van der Waals surface area contributed by atoms with Crippen LogP contribution in [-0.4, -0.2) is 32.2 Å². The number of aryl methyl sites for hydroxylation is 1. The molecule has 0 aromatic carbocycles. The average molecular weight is 402 g/mol. The lowest BCUT2D eigenvalue weighted by molar-refractivity contribution is -0.143. The smallest absolute Gasteiger partial charge is 0.342 e. The van der Waals surface area contributed by atoms with Gasteiger partial charge in [0, 0.05) is 6.42 Å². The Morgan fingerprint density at radius 3 is 2.41 bits per heavy atom. The van der Waals surface area contributed by atoms with Gasteiger partial charge in [0.1, 0.15) is 22.7 Å². The van der Waals surface area contributed by atoms with Gasteiger partial charge in [0.2, 0.25) is 5.95 Å². The van der Waals surface area contributed by atoms with E-state index in [2.05, 4.69) is 39.1 Å². The highest BCUT2D eigenvalue weighted by molar-refractivity contribution is 6.29. The maximum absolute atomic E-state index is 13.1. The minimum absolute atomic E-state index is 0.106. The van der Waals surface area contributed by atoms with E-state index in [0.717, 1.165) is 12.8 Å². The topological polar surface area (TPSA) is 63.6 Å². The lowest BCUT2D eigenvalue weighted by Gasteiger charge is -2.20. The van der Waals surface area contributed by atoms with Gasteiger partial charge in [-0.2, -0.15) is 23.1 Å². The molecule has 0 saturated carbocycles. The maximum Gasteiger partial charge on any atom is 0.408 e. The molecule has 148 valence electrons. The monoisotopic (exact) mass is 401 g/mol. The van der Waals surface area contributed by atoms with Gasteiger partial charge in [-0.25, -0.2) is 9.97 Å². The fourth-order valence-electron chi connectivity index (χ4n) is 2.39. The summed E-state index contributed by atoms with van der Waals surface area (Å²) in [5.41, 5.74) is 0.387. The summed E-state index contributed by atoms with van der Waals surface area (Å²) >= 11 is 5.92. The van der Waals surface area contributed by atoms with E-state index in [-0.39, 0.29) is 23.3 Å². The van der Waals surface area contributed by atoms with E-state index in [1.165, 1.54) is 6.92 Å². The van der Waals surface area contributed by atoms with Crippen LogP contribution in [0.4, 0.5) is 19.1 Å². The first-order chi connectivity index (χ1) is 12.7. The van der Waals surface area contributed by atoms with E-state index < -0.39 is 12.2 Å². The molecule has 0 aliphatic rings. The number of nitrogens with zero attached hydrogens (tertiary/aromatic N) is 4. The highest BCUT2D eigenvalue weighted by Crippen LogP contribution is 2.26. The van der Waals surface area contributed by atoms with Crippen LogP contribution >= 0.6 is 11.6 Å². The van der Waals surface area contributed by atoms with Gasteiger partial charge in [0.05, 0.1) is 0 Å². The number of nitrogens with one attached hydrogen (secondary N) is 1.